The number of ether oxygens (including phenoxy) is 3. The van der Waals surface area contributed by atoms with E-state index in [0.29, 0.717) is 19.4 Å². The molecule has 0 radical (unpaired) electrons. The molecule has 0 aromatic carbocycles. The lowest BCUT2D eigenvalue weighted by atomic mass is 9.99. The van der Waals surface area contributed by atoms with E-state index in [9.17, 15) is 35.1 Å². The minimum atomic E-state index is -1.58. The molecule has 1 amide bonds. The molecule has 1 aliphatic rings. The number of hydrogen-bond acceptors (Lipinski definition) is 10. The molecule has 0 aliphatic carbocycles. The van der Waals surface area contributed by atoms with E-state index in [1.807, 2.05) is 6.08 Å². The molecule has 1 rings (SSSR count). The summed E-state index contributed by atoms with van der Waals surface area (Å²) in [5.41, 5.74) is 0. The summed E-state index contributed by atoms with van der Waals surface area (Å²) >= 11 is 0. The highest BCUT2D eigenvalue weighted by Crippen LogP contribution is 2.23. The Hall–Kier alpha value is -3.16. The standard InChI is InChI=1S/C78H139NO10/c1-3-5-7-9-11-13-15-17-42-46-50-54-58-62-66-74(83)87-67-63-59-55-51-47-43-40-38-36-34-32-30-28-26-24-22-20-18-19-21-23-25-27-29-31-33-35-37-39-41-45-49-53-57-61-65-73(82)79-70(69-88-78-77(86)76(85)75(84)72(68-80)89-78)71(81)64-60-56-52-48-44-16-14-12-10-8-6-4-2/h9-12,15,17,20,22,26,28,44,48,60,64,70-72,75-78,80-81,84-86H,3-8,13-14,16,18-19,21,23-25,27,29-43,45-47,49-59,61-63,65-69H2,1-2H3,(H,79,82)/b11-9-,12-10+,17-15-,22-20-,28-26-,48-44+,64-60+. The van der Waals surface area contributed by atoms with Crippen molar-refractivity contribution in [2.75, 3.05) is 19.8 Å². The van der Waals surface area contributed by atoms with Crippen LogP contribution < -0.4 is 5.32 Å². The monoisotopic (exact) mass is 1250 g/mol. The number of rotatable bonds is 65. The lowest BCUT2D eigenvalue weighted by Crippen LogP contribution is -2.60. The highest BCUT2D eigenvalue weighted by atomic mass is 16.7. The van der Waals surface area contributed by atoms with E-state index in [1.165, 1.54) is 225 Å². The second kappa shape index (κ2) is 66.3. The quantitative estimate of drug-likeness (QED) is 0.0195. The number of carbonyl (C=O) groups is 2. The molecule has 1 aliphatic heterocycles. The summed E-state index contributed by atoms with van der Waals surface area (Å²) in [6.45, 7) is 4.25. The third kappa shape index (κ3) is 55.0. The van der Waals surface area contributed by atoms with Crippen LogP contribution in [0.25, 0.3) is 0 Å². The molecule has 0 aromatic rings. The number of allylic oxidation sites excluding steroid dienone is 13. The smallest absolute Gasteiger partial charge is 0.305 e. The van der Waals surface area contributed by atoms with Crippen LogP contribution in [-0.2, 0) is 23.8 Å². The normalized spacial score (nSPS) is 18.2. The number of hydrogen-bond donors (Lipinski definition) is 6. The van der Waals surface area contributed by atoms with Crippen LogP contribution >= 0.6 is 0 Å². The average Bonchev–Trinajstić information content (AvgIpc) is 2.30. The van der Waals surface area contributed by atoms with Gasteiger partial charge >= 0.3 is 5.97 Å². The number of aliphatic hydroxyl groups excluding tert-OH is 5. The Bertz CT molecular complexity index is 1760. The van der Waals surface area contributed by atoms with Crippen molar-refractivity contribution in [2.45, 2.75) is 378 Å². The van der Waals surface area contributed by atoms with Crippen LogP contribution in [0.3, 0.4) is 0 Å². The molecule has 89 heavy (non-hydrogen) atoms. The van der Waals surface area contributed by atoms with E-state index in [-0.39, 0.29) is 18.5 Å². The molecular weight excluding hydrogens is 1110 g/mol. The maximum absolute atomic E-state index is 13.1. The van der Waals surface area contributed by atoms with E-state index >= 15 is 0 Å². The van der Waals surface area contributed by atoms with Crippen molar-refractivity contribution < 1.29 is 49.3 Å². The van der Waals surface area contributed by atoms with Gasteiger partial charge in [0, 0.05) is 12.8 Å². The largest absolute Gasteiger partial charge is 0.466 e. The van der Waals surface area contributed by atoms with Crippen molar-refractivity contribution in [2.24, 2.45) is 0 Å². The summed E-state index contributed by atoms with van der Waals surface area (Å²) < 4.78 is 16.7. The van der Waals surface area contributed by atoms with Crippen molar-refractivity contribution in [3.8, 4) is 0 Å². The van der Waals surface area contributed by atoms with Crippen LogP contribution in [0.5, 0.6) is 0 Å². The van der Waals surface area contributed by atoms with Gasteiger partial charge in [0.2, 0.25) is 5.91 Å². The molecule has 516 valence electrons. The second-order valence-electron chi connectivity index (χ2n) is 25.6. The Balaban J connectivity index is 1.94. The van der Waals surface area contributed by atoms with E-state index in [2.05, 4.69) is 92.1 Å². The fourth-order valence-corrected chi connectivity index (χ4v) is 11.3. The number of aliphatic hydroxyl groups is 5. The van der Waals surface area contributed by atoms with E-state index in [0.717, 1.165) is 83.5 Å². The van der Waals surface area contributed by atoms with Gasteiger partial charge in [-0.15, -0.1) is 0 Å². The second-order valence-corrected chi connectivity index (χ2v) is 25.6. The van der Waals surface area contributed by atoms with Gasteiger partial charge in [0.15, 0.2) is 6.29 Å². The molecule has 7 atom stereocenters. The van der Waals surface area contributed by atoms with Crippen LogP contribution in [0, 0.1) is 0 Å². The number of nitrogens with one attached hydrogen (secondary N) is 1. The molecule has 1 fully saturated rings. The van der Waals surface area contributed by atoms with Crippen LogP contribution in [0.1, 0.15) is 335 Å². The minimum Gasteiger partial charge on any atom is -0.466 e. The fraction of sp³-hybridized carbons (Fsp3) is 0.795. The topological polar surface area (TPSA) is 175 Å². The van der Waals surface area contributed by atoms with Crippen LogP contribution in [0.15, 0.2) is 85.1 Å². The van der Waals surface area contributed by atoms with Crippen molar-refractivity contribution in [1.29, 1.82) is 0 Å². The van der Waals surface area contributed by atoms with Gasteiger partial charge in [-0.1, -0.05) is 298 Å². The highest BCUT2D eigenvalue weighted by molar-refractivity contribution is 5.76. The van der Waals surface area contributed by atoms with Crippen LogP contribution in [-0.4, -0.2) is 100 Å². The van der Waals surface area contributed by atoms with Gasteiger partial charge < -0.3 is 45.1 Å². The molecule has 1 heterocycles. The van der Waals surface area contributed by atoms with Gasteiger partial charge in [0.1, 0.15) is 24.4 Å². The summed E-state index contributed by atoms with van der Waals surface area (Å²) in [7, 11) is 0. The Morgan fingerprint density at radius 3 is 1.18 bits per heavy atom. The Labute approximate surface area is 546 Å². The number of amides is 1. The predicted molar refractivity (Wildman–Crippen MR) is 375 cm³/mol. The summed E-state index contributed by atoms with van der Waals surface area (Å²) in [4.78, 5) is 25.1. The lowest BCUT2D eigenvalue weighted by molar-refractivity contribution is -0.302. The summed E-state index contributed by atoms with van der Waals surface area (Å²) in [6, 6.07) is -0.834. The minimum absolute atomic E-state index is 0.00547. The Kier molecular flexibility index (Phi) is 62.5. The average molecular weight is 1250 g/mol. The molecule has 7 unspecified atom stereocenters. The van der Waals surface area contributed by atoms with Crippen molar-refractivity contribution >= 4 is 11.9 Å². The molecular formula is C78H139NO10. The van der Waals surface area contributed by atoms with Crippen molar-refractivity contribution in [3.63, 3.8) is 0 Å². The molecule has 11 nitrogen and oxygen atoms in total. The fourth-order valence-electron chi connectivity index (χ4n) is 11.3. The maximum atomic E-state index is 13.1. The molecule has 1 saturated heterocycles. The van der Waals surface area contributed by atoms with E-state index < -0.39 is 49.5 Å². The summed E-state index contributed by atoms with van der Waals surface area (Å²) in [5.74, 6) is -0.201. The first-order valence-corrected chi connectivity index (χ1v) is 37.4. The third-order valence-electron chi connectivity index (χ3n) is 17.2. The predicted octanol–water partition coefficient (Wildman–Crippen LogP) is 19.6. The van der Waals surface area contributed by atoms with E-state index in [4.69, 9.17) is 14.2 Å². The third-order valence-corrected chi connectivity index (χ3v) is 17.2. The molecule has 0 aromatic heterocycles. The first-order chi connectivity index (χ1) is 43.7. The van der Waals surface area contributed by atoms with Gasteiger partial charge in [-0.05, 0) is 109 Å². The van der Waals surface area contributed by atoms with Crippen molar-refractivity contribution in [3.05, 3.63) is 85.1 Å². The number of carbonyl (C=O) groups excluding carboxylic acids is 2. The first kappa shape index (κ1) is 83.9. The van der Waals surface area contributed by atoms with Gasteiger partial charge in [0.05, 0.1) is 32.0 Å². The Morgan fingerprint density at radius 1 is 0.416 bits per heavy atom. The molecule has 0 saturated carbocycles. The van der Waals surface area contributed by atoms with Gasteiger partial charge in [0.25, 0.3) is 0 Å². The Morgan fingerprint density at radius 2 is 0.764 bits per heavy atom. The van der Waals surface area contributed by atoms with Crippen LogP contribution in [0.2, 0.25) is 0 Å². The zero-order valence-corrected chi connectivity index (χ0v) is 57.4. The molecule has 6 N–H and O–H groups in total. The van der Waals surface area contributed by atoms with E-state index in [1.54, 1.807) is 6.08 Å². The first-order valence-electron chi connectivity index (χ1n) is 37.4. The van der Waals surface area contributed by atoms with Crippen molar-refractivity contribution in [1.82, 2.24) is 5.32 Å². The summed E-state index contributed by atoms with van der Waals surface area (Å²) in [5, 5.41) is 54.4. The summed E-state index contributed by atoms with van der Waals surface area (Å²) in [6.07, 6.45) is 81.7. The molecule has 11 heteroatoms. The maximum Gasteiger partial charge on any atom is 0.305 e. The number of esters is 1. The zero-order valence-electron chi connectivity index (χ0n) is 57.4. The van der Waals surface area contributed by atoms with Gasteiger partial charge in [-0.2, -0.15) is 0 Å². The van der Waals surface area contributed by atoms with Gasteiger partial charge in [-0.25, -0.2) is 0 Å². The highest BCUT2D eigenvalue weighted by Gasteiger charge is 2.44. The molecule has 0 bridgehead atoms. The molecule has 0 spiro atoms. The number of unbranched alkanes of at least 4 members (excludes halogenated alkanes) is 39. The SMILES string of the molecule is CCCC/C=C\C/C=C\CCCCCCCC(=O)OCCCCCCCCCCCCC/C=C\C/C=C\CCCCCCCCCCCCCCCCCCCC(=O)NC(COC1OC(CO)C(O)C(O)C1O)C(O)/C=C/CC/C=C/CC/C=C/CCCC. The van der Waals surface area contributed by atoms with Gasteiger partial charge in [-0.3, -0.25) is 9.59 Å². The zero-order chi connectivity index (χ0) is 64.4. The van der Waals surface area contributed by atoms with Crippen LogP contribution in [0.4, 0.5) is 0 Å². The lowest BCUT2D eigenvalue weighted by Gasteiger charge is -2.40.